The van der Waals surface area contributed by atoms with Crippen LogP contribution in [0.1, 0.15) is 31.4 Å². The Labute approximate surface area is 120 Å². The molecule has 0 aliphatic carbocycles. The van der Waals surface area contributed by atoms with E-state index in [1.54, 1.807) is 0 Å². The molecule has 0 amide bonds. The summed E-state index contributed by atoms with van der Waals surface area (Å²) in [6.45, 7) is 4.97. The zero-order valence-electron chi connectivity index (χ0n) is 12.0. The number of hydrogen-bond acceptors (Lipinski definition) is 3. The first-order chi connectivity index (χ1) is 9.90. The van der Waals surface area contributed by atoms with E-state index < -0.39 is 0 Å². The molecular formula is C17H22N2O. The van der Waals surface area contributed by atoms with Crippen LogP contribution in [-0.2, 0) is 4.74 Å². The summed E-state index contributed by atoms with van der Waals surface area (Å²) < 4.78 is 5.59. The Hall–Kier alpha value is -1.45. The molecule has 3 heteroatoms. The molecule has 3 nitrogen and oxygen atoms in total. The molecule has 1 fully saturated rings. The summed E-state index contributed by atoms with van der Waals surface area (Å²) in [6, 6.07) is 8.85. The Kier molecular flexibility index (Phi) is 4.28. The molecule has 0 saturated carbocycles. The molecule has 0 radical (unpaired) electrons. The van der Waals surface area contributed by atoms with Crippen LogP contribution in [0, 0.1) is 5.92 Å². The fourth-order valence-corrected chi connectivity index (χ4v) is 3.03. The van der Waals surface area contributed by atoms with Crippen LogP contribution in [0.4, 0.5) is 0 Å². The molecule has 1 saturated heterocycles. The maximum Gasteiger partial charge on any atom is 0.0513 e. The van der Waals surface area contributed by atoms with Crippen molar-refractivity contribution in [2.75, 3.05) is 19.8 Å². The van der Waals surface area contributed by atoms with E-state index in [0.717, 1.165) is 32.6 Å². The average Bonchev–Trinajstić information content (AvgIpc) is 3.02. The van der Waals surface area contributed by atoms with Gasteiger partial charge in [-0.2, -0.15) is 0 Å². The van der Waals surface area contributed by atoms with Gasteiger partial charge in [0, 0.05) is 36.3 Å². The Bertz CT molecular complexity index is 558. The molecule has 2 heterocycles. The van der Waals surface area contributed by atoms with Crippen LogP contribution in [0.25, 0.3) is 10.8 Å². The number of benzene rings is 1. The predicted molar refractivity (Wildman–Crippen MR) is 81.7 cm³/mol. The van der Waals surface area contributed by atoms with Crippen molar-refractivity contribution < 1.29 is 4.74 Å². The highest BCUT2D eigenvalue weighted by Crippen LogP contribution is 2.32. The van der Waals surface area contributed by atoms with Crippen LogP contribution in [0.15, 0.2) is 36.7 Å². The van der Waals surface area contributed by atoms with Gasteiger partial charge in [0.05, 0.1) is 6.61 Å². The molecule has 2 aromatic rings. The zero-order chi connectivity index (χ0) is 13.8. The quantitative estimate of drug-likeness (QED) is 0.905. The second kappa shape index (κ2) is 6.33. The van der Waals surface area contributed by atoms with Crippen LogP contribution in [0.5, 0.6) is 0 Å². The molecule has 106 valence electrons. The van der Waals surface area contributed by atoms with E-state index in [4.69, 9.17) is 4.74 Å². The maximum absolute atomic E-state index is 5.59. The van der Waals surface area contributed by atoms with Crippen molar-refractivity contribution >= 4 is 10.8 Å². The smallest absolute Gasteiger partial charge is 0.0513 e. The molecular weight excluding hydrogens is 248 g/mol. The molecule has 3 rings (SSSR count). The van der Waals surface area contributed by atoms with Crippen molar-refractivity contribution in [1.29, 1.82) is 0 Å². The first-order valence-electron chi connectivity index (χ1n) is 7.54. The molecule has 0 spiro atoms. The summed E-state index contributed by atoms with van der Waals surface area (Å²) in [4.78, 5) is 4.43. The topological polar surface area (TPSA) is 34.2 Å². The van der Waals surface area contributed by atoms with Gasteiger partial charge < -0.3 is 10.1 Å². The summed E-state index contributed by atoms with van der Waals surface area (Å²) >= 11 is 0. The third-order valence-corrected chi connectivity index (χ3v) is 4.08. The molecule has 2 unspecified atom stereocenters. The van der Waals surface area contributed by atoms with E-state index in [2.05, 4.69) is 41.5 Å². The number of nitrogens with one attached hydrogen (secondary N) is 1. The van der Waals surface area contributed by atoms with Gasteiger partial charge in [0.15, 0.2) is 0 Å². The lowest BCUT2D eigenvalue weighted by Gasteiger charge is -2.25. The predicted octanol–water partition coefficient (Wildman–Crippen LogP) is 3.31. The van der Waals surface area contributed by atoms with Gasteiger partial charge in [-0.3, -0.25) is 4.98 Å². The lowest BCUT2D eigenvalue weighted by atomic mass is 9.90. The van der Waals surface area contributed by atoms with Crippen molar-refractivity contribution in [3.63, 3.8) is 0 Å². The standard InChI is InChI=1S/C17H22N2O/c1-2-8-19-17(14-7-9-20-12-14)16-11-18-10-13-5-3-4-6-15(13)16/h3-6,10-11,14,17,19H,2,7-9,12H2,1H3. The highest BCUT2D eigenvalue weighted by Gasteiger charge is 2.27. The Morgan fingerprint density at radius 2 is 2.25 bits per heavy atom. The molecule has 1 N–H and O–H groups in total. The van der Waals surface area contributed by atoms with E-state index in [0.29, 0.717) is 12.0 Å². The van der Waals surface area contributed by atoms with E-state index in [9.17, 15) is 0 Å². The first kappa shape index (κ1) is 13.5. The van der Waals surface area contributed by atoms with Gasteiger partial charge in [0.25, 0.3) is 0 Å². The Morgan fingerprint density at radius 1 is 1.35 bits per heavy atom. The van der Waals surface area contributed by atoms with Gasteiger partial charge >= 0.3 is 0 Å². The van der Waals surface area contributed by atoms with Crippen LogP contribution in [0.2, 0.25) is 0 Å². The fourth-order valence-electron chi connectivity index (χ4n) is 3.03. The summed E-state index contributed by atoms with van der Waals surface area (Å²) in [6.07, 6.45) is 6.24. The normalized spacial score (nSPS) is 20.4. The summed E-state index contributed by atoms with van der Waals surface area (Å²) in [5.41, 5.74) is 1.31. The largest absolute Gasteiger partial charge is 0.381 e. The number of hydrogen-bond donors (Lipinski definition) is 1. The lowest BCUT2D eigenvalue weighted by molar-refractivity contribution is 0.177. The zero-order valence-corrected chi connectivity index (χ0v) is 12.0. The van der Waals surface area contributed by atoms with Crippen LogP contribution < -0.4 is 5.32 Å². The molecule has 20 heavy (non-hydrogen) atoms. The van der Waals surface area contributed by atoms with E-state index in [-0.39, 0.29) is 0 Å². The molecule has 1 aliphatic rings. The van der Waals surface area contributed by atoms with Crippen LogP contribution in [0.3, 0.4) is 0 Å². The minimum atomic E-state index is 0.344. The number of pyridine rings is 1. The van der Waals surface area contributed by atoms with E-state index in [1.165, 1.54) is 16.3 Å². The number of fused-ring (bicyclic) bond motifs is 1. The van der Waals surface area contributed by atoms with E-state index in [1.807, 2.05) is 12.4 Å². The average molecular weight is 270 g/mol. The highest BCUT2D eigenvalue weighted by molar-refractivity contribution is 5.85. The number of rotatable bonds is 5. The van der Waals surface area contributed by atoms with Crippen LogP contribution >= 0.6 is 0 Å². The second-order valence-corrected chi connectivity index (χ2v) is 5.51. The minimum Gasteiger partial charge on any atom is -0.381 e. The lowest BCUT2D eigenvalue weighted by Crippen LogP contribution is -2.29. The van der Waals surface area contributed by atoms with Gasteiger partial charge in [-0.1, -0.05) is 31.2 Å². The highest BCUT2D eigenvalue weighted by atomic mass is 16.5. The summed E-state index contributed by atoms with van der Waals surface area (Å²) in [5.74, 6) is 0.550. The SMILES string of the molecule is CCCNC(c1cncc2ccccc12)C1CCOC1. The second-order valence-electron chi connectivity index (χ2n) is 5.51. The number of nitrogens with zero attached hydrogens (tertiary/aromatic N) is 1. The molecule has 1 aromatic carbocycles. The molecule has 2 atom stereocenters. The van der Waals surface area contributed by atoms with Gasteiger partial charge in [-0.05, 0) is 30.3 Å². The third kappa shape index (κ3) is 2.69. The number of ether oxygens (including phenoxy) is 1. The van der Waals surface area contributed by atoms with Crippen molar-refractivity contribution in [2.45, 2.75) is 25.8 Å². The van der Waals surface area contributed by atoms with Crippen molar-refractivity contribution in [2.24, 2.45) is 5.92 Å². The summed E-state index contributed by atoms with van der Waals surface area (Å²) in [5, 5.41) is 6.22. The molecule has 1 aliphatic heterocycles. The monoisotopic (exact) mass is 270 g/mol. The van der Waals surface area contributed by atoms with Crippen molar-refractivity contribution in [1.82, 2.24) is 10.3 Å². The molecule has 0 bridgehead atoms. The van der Waals surface area contributed by atoms with Gasteiger partial charge in [0.1, 0.15) is 0 Å². The number of aromatic nitrogens is 1. The van der Waals surface area contributed by atoms with Gasteiger partial charge in [0.2, 0.25) is 0 Å². The fraction of sp³-hybridized carbons (Fsp3) is 0.471. The van der Waals surface area contributed by atoms with Gasteiger partial charge in [-0.25, -0.2) is 0 Å². The third-order valence-electron chi connectivity index (χ3n) is 4.08. The maximum atomic E-state index is 5.59. The van der Waals surface area contributed by atoms with Crippen LogP contribution in [-0.4, -0.2) is 24.7 Å². The Balaban J connectivity index is 1.99. The Morgan fingerprint density at radius 3 is 3.05 bits per heavy atom. The summed E-state index contributed by atoms with van der Waals surface area (Å²) in [7, 11) is 0. The van der Waals surface area contributed by atoms with E-state index >= 15 is 0 Å². The van der Waals surface area contributed by atoms with Crippen molar-refractivity contribution in [3.05, 3.63) is 42.2 Å². The van der Waals surface area contributed by atoms with Crippen molar-refractivity contribution in [3.8, 4) is 0 Å². The van der Waals surface area contributed by atoms with Gasteiger partial charge in [-0.15, -0.1) is 0 Å². The minimum absolute atomic E-state index is 0.344. The first-order valence-corrected chi connectivity index (χ1v) is 7.54. The molecule has 1 aromatic heterocycles.